The van der Waals surface area contributed by atoms with E-state index < -0.39 is 5.91 Å². The van der Waals surface area contributed by atoms with Gasteiger partial charge in [0.2, 0.25) is 0 Å². The van der Waals surface area contributed by atoms with Crippen molar-refractivity contribution in [2.45, 2.75) is 13.3 Å². The van der Waals surface area contributed by atoms with Crippen LogP contribution in [0.3, 0.4) is 0 Å². The molecule has 0 unspecified atom stereocenters. The van der Waals surface area contributed by atoms with E-state index in [1.807, 2.05) is 0 Å². The summed E-state index contributed by atoms with van der Waals surface area (Å²) in [5.74, 6) is -0.127. The highest BCUT2D eigenvalue weighted by Crippen LogP contribution is 2.26. The van der Waals surface area contributed by atoms with Gasteiger partial charge in [-0.05, 0) is 49.2 Å². The van der Waals surface area contributed by atoms with Crippen molar-refractivity contribution in [3.8, 4) is 17.2 Å². The van der Waals surface area contributed by atoms with Crippen LogP contribution in [0.1, 0.15) is 27.9 Å². The van der Waals surface area contributed by atoms with Gasteiger partial charge in [-0.1, -0.05) is 5.16 Å². The highest BCUT2D eigenvalue weighted by molar-refractivity contribution is 5.98. The van der Waals surface area contributed by atoms with E-state index in [1.165, 1.54) is 6.07 Å². The maximum absolute atomic E-state index is 12.1. The van der Waals surface area contributed by atoms with Gasteiger partial charge < -0.3 is 31.2 Å². The topological polar surface area (TPSA) is 137 Å². The van der Waals surface area contributed by atoms with E-state index in [0.717, 1.165) is 6.07 Å². The second-order valence-electron chi connectivity index (χ2n) is 5.62. The summed E-state index contributed by atoms with van der Waals surface area (Å²) < 4.78 is 5.55. The minimum atomic E-state index is -0.414. The van der Waals surface area contributed by atoms with Crippen molar-refractivity contribution in [3.63, 3.8) is 0 Å². The normalized spacial score (nSPS) is 11.2. The molecule has 0 aliphatic heterocycles. The lowest BCUT2D eigenvalue weighted by Gasteiger charge is -2.11. The fourth-order valence-electron chi connectivity index (χ4n) is 2.38. The van der Waals surface area contributed by atoms with Gasteiger partial charge in [0.1, 0.15) is 17.2 Å². The third-order valence-electron chi connectivity index (χ3n) is 3.66. The summed E-state index contributed by atoms with van der Waals surface area (Å²) in [5.41, 5.74) is 6.69. The van der Waals surface area contributed by atoms with Gasteiger partial charge in [0.05, 0.1) is 12.2 Å². The number of hydrogen-bond donors (Lipinski definition) is 5. The molecule has 0 heterocycles. The quantitative estimate of drug-likeness (QED) is 0.168. The number of nitrogens with two attached hydrogens (primary N) is 1. The van der Waals surface area contributed by atoms with E-state index in [9.17, 15) is 15.0 Å². The molecule has 1 amide bonds. The van der Waals surface area contributed by atoms with Crippen molar-refractivity contribution in [1.29, 1.82) is 0 Å². The Balaban J connectivity index is 1.78. The lowest BCUT2D eigenvalue weighted by Crippen LogP contribution is -2.26. The first-order valence-electron chi connectivity index (χ1n) is 7.94. The smallest absolute Gasteiger partial charge is 0.255 e. The summed E-state index contributed by atoms with van der Waals surface area (Å²) in [6, 6.07) is 9.28. The largest absolute Gasteiger partial charge is 0.508 e. The van der Waals surface area contributed by atoms with Gasteiger partial charge in [0, 0.05) is 18.2 Å². The van der Waals surface area contributed by atoms with Crippen LogP contribution in [0.2, 0.25) is 0 Å². The second kappa shape index (κ2) is 8.61. The molecule has 26 heavy (non-hydrogen) atoms. The van der Waals surface area contributed by atoms with Crippen LogP contribution in [0, 0.1) is 6.92 Å². The van der Waals surface area contributed by atoms with E-state index in [4.69, 9.17) is 15.7 Å². The van der Waals surface area contributed by atoms with E-state index >= 15 is 0 Å². The number of carbonyl (C=O) groups excluding carboxylic acids is 1. The fraction of sp³-hybridized carbons (Fsp3) is 0.222. The molecule has 0 fully saturated rings. The van der Waals surface area contributed by atoms with Crippen molar-refractivity contribution < 1.29 is 25.0 Å². The zero-order valence-corrected chi connectivity index (χ0v) is 14.3. The first kappa shape index (κ1) is 18.9. The van der Waals surface area contributed by atoms with E-state index in [1.54, 1.807) is 31.2 Å². The molecule has 2 rings (SSSR count). The summed E-state index contributed by atoms with van der Waals surface area (Å²) >= 11 is 0. The molecule has 0 aromatic heterocycles. The Morgan fingerprint density at radius 3 is 2.54 bits per heavy atom. The number of carbonyl (C=O) groups is 1. The molecule has 0 aliphatic carbocycles. The number of rotatable bonds is 7. The van der Waals surface area contributed by atoms with Crippen molar-refractivity contribution in [2.75, 3.05) is 13.2 Å². The molecule has 2 aromatic rings. The summed E-state index contributed by atoms with van der Waals surface area (Å²) in [6.45, 7) is 2.37. The van der Waals surface area contributed by atoms with Gasteiger partial charge in [-0.25, -0.2) is 0 Å². The third-order valence-corrected chi connectivity index (χ3v) is 3.66. The van der Waals surface area contributed by atoms with Crippen LogP contribution < -0.4 is 15.8 Å². The highest BCUT2D eigenvalue weighted by atomic mass is 16.5. The number of phenols is 2. The predicted molar refractivity (Wildman–Crippen MR) is 95.9 cm³/mol. The monoisotopic (exact) mass is 359 g/mol. The summed E-state index contributed by atoms with van der Waals surface area (Å²) in [6.07, 6.45) is 0.561. The number of nitrogens with zero attached hydrogens (tertiary/aromatic N) is 1. The van der Waals surface area contributed by atoms with Gasteiger partial charge in [0.25, 0.3) is 5.91 Å². The minimum absolute atomic E-state index is 0.0204. The molecular weight excluding hydrogens is 338 g/mol. The van der Waals surface area contributed by atoms with Crippen LogP contribution in [-0.4, -0.2) is 40.3 Å². The lowest BCUT2D eigenvalue weighted by atomic mass is 10.1. The number of amides is 1. The Morgan fingerprint density at radius 2 is 1.92 bits per heavy atom. The molecule has 0 atom stereocenters. The summed E-state index contributed by atoms with van der Waals surface area (Å²) in [4.78, 5) is 12.1. The maximum atomic E-state index is 12.1. The Kier molecular flexibility index (Phi) is 6.26. The van der Waals surface area contributed by atoms with Crippen LogP contribution in [0.25, 0.3) is 0 Å². The van der Waals surface area contributed by atoms with Gasteiger partial charge in [-0.15, -0.1) is 0 Å². The van der Waals surface area contributed by atoms with Crippen molar-refractivity contribution >= 4 is 11.7 Å². The van der Waals surface area contributed by atoms with Crippen LogP contribution in [0.5, 0.6) is 17.2 Å². The number of phenolic OH excluding ortho intramolecular Hbond substituents is 2. The Bertz CT molecular complexity index is 780. The number of benzene rings is 2. The number of amidine groups is 1. The molecule has 0 spiro atoms. The van der Waals surface area contributed by atoms with Gasteiger partial charge in [-0.3, -0.25) is 4.79 Å². The number of aryl methyl sites for hydroxylation is 1. The molecule has 0 aliphatic rings. The molecule has 0 radical (unpaired) electrons. The lowest BCUT2D eigenvalue weighted by molar-refractivity contribution is 0.0948. The number of ether oxygens (including phenoxy) is 1. The molecular formula is C18H21N3O5. The fourth-order valence-corrected chi connectivity index (χ4v) is 2.38. The first-order chi connectivity index (χ1) is 12.4. The average Bonchev–Trinajstić information content (AvgIpc) is 2.60. The van der Waals surface area contributed by atoms with Gasteiger partial charge in [-0.2, -0.15) is 0 Å². The summed E-state index contributed by atoms with van der Waals surface area (Å²) in [5, 5.41) is 33.4. The Morgan fingerprint density at radius 1 is 1.23 bits per heavy atom. The number of nitrogens with one attached hydrogen (secondary N) is 1. The number of hydrogen-bond acceptors (Lipinski definition) is 6. The van der Waals surface area contributed by atoms with Crippen molar-refractivity contribution in [1.82, 2.24) is 5.32 Å². The third kappa shape index (κ3) is 4.79. The molecule has 2 aromatic carbocycles. The average molecular weight is 359 g/mol. The molecule has 8 nitrogen and oxygen atoms in total. The van der Waals surface area contributed by atoms with Crippen LogP contribution in [-0.2, 0) is 0 Å². The molecule has 8 heteroatoms. The highest BCUT2D eigenvalue weighted by Gasteiger charge is 2.15. The van der Waals surface area contributed by atoms with Crippen LogP contribution in [0.15, 0.2) is 41.6 Å². The van der Waals surface area contributed by atoms with E-state index in [0.29, 0.717) is 36.4 Å². The van der Waals surface area contributed by atoms with Crippen LogP contribution in [0.4, 0.5) is 0 Å². The minimum Gasteiger partial charge on any atom is -0.508 e. The van der Waals surface area contributed by atoms with Gasteiger partial charge in [0.15, 0.2) is 5.84 Å². The van der Waals surface area contributed by atoms with Crippen molar-refractivity contribution in [3.05, 3.63) is 53.1 Å². The van der Waals surface area contributed by atoms with Crippen LogP contribution >= 0.6 is 0 Å². The number of aromatic hydroxyl groups is 2. The SMILES string of the molecule is Cc1cc(O)cc(O)c1C(=O)NCCCOc1ccc(C(N)=NO)cc1. The molecule has 138 valence electrons. The maximum Gasteiger partial charge on any atom is 0.255 e. The second-order valence-corrected chi connectivity index (χ2v) is 5.62. The standard InChI is InChI=1S/C18H21N3O5/c1-11-9-13(22)10-15(23)16(11)18(24)20-7-2-8-26-14-5-3-12(4-6-14)17(19)21-25/h3-6,9-10,22-23,25H,2,7-8H2,1H3,(H2,19,21)(H,20,24). The van der Waals surface area contributed by atoms with Crippen molar-refractivity contribution in [2.24, 2.45) is 10.9 Å². The first-order valence-corrected chi connectivity index (χ1v) is 7.94. The molecule has 6 N–H and O–H groups in total. The zero-order valence-electron chi connectivity index (χ0n) is 14.3. The molecule has 0 saturated carbocycles. The Hall–Kier alpha value is -3.42. The molecule has 0 bridgehead atoms. The Labute approximate surface area is 150 Å². The predicted octanol–water partition coefficient (Wildman–Crippen LogP) is 1.70. The molecule has 0 saturated heterocycles. The van der Waals surface area contributed by atoms with E-state index in [-0.39, 0.29) is 22.9 Å². The van der Waals surface area contributed by atoms with E-state index in [2.05, 4.69) is 10.5 Å². The summed E-state index contributed by atoms with van der Waals surface area (Å²) in [7, 11) is 0. The van der Waals surface area contributed by atoms with Gasteiger partial charge >= 0.3 is 0 Å². The zero-order chi connectivity index (χ0) is 19.1. The number of oxime groups is 1.